The monoisotopic (exact) mass is 277 g/mol. The smallest absolute Gasteiger partial charge is 0.126 e. The molecule has 0 radical (unpaired) electrons. The summed E-state index contributed by atoms with van der Waals surface area (Å²) in [5.74, 6) is 0.944. The van der Waals surface area contributed by atoms with Crippen LogP contribution >= 0.6 is 0 Å². The number of methoxy groups -OCH3 is 1. The van der Waals surface area contributed by atoms with Crippen molar-refractivity contribution in [3.05, 3.63) is 28.8 Å². The summed E-state index contributed by atoms with van der Waals surface area (Å²) in [5.41, 5.74) is 10.1. The summed E-state index contributed by atoms with van der Waals surface area (Å²) in [6, 6.07) is 4.55. The number of piperazine rings is 1. The number of benzene rings is 1. The second-order valence-electron chi connectivity index (χ2n) is 5.97. The molecule has 1 aliphatic rings. The third kappa shape index (κ3) is 2.82. The van der Waals surface area contributed by atoms with E-state index in [0.717, 1.165) is 30.9 Å². The van der Waals surface area contributed by atoms with Crippen LogP contribution in [0.15, 0.2) is 12.1 Å². The summed E-state index contributed by atoms with van der Waals surface area (Å²) in [4.78, 5) is 4.71. The second-order valence-corrected chi connectivity index (χ2v) is 5.97. The highest BCUT2D eigenvalue weighted by Crippen LogP contribution is 2.33. The Labute approximate surface area is 122 Å². The minimum Gasteiger partial charge on any atom is -0.496 e. The van der Waals surface area contributed by atoms with Gasteiger partial charge in [0.1, 0.15) is 5.75 Å². The lowest BCUT2D eigenvalue weighted by atomic mass is 9.93. The summed E-state index contributed by atoms with van der Waals surface area (Å²) in [6.07, 6.45) is 0. The van der Waals surface area contributed by atoms with E-state index in [0.29, 0.717) is 6.04 Å². The van der Waals surface area contributed by atoms with E-state index in [1.54, 1.807) is 7.11 Å². The van der Waals surface area contributed by atoms with E-state index in [1.807, 2.05) is 0 Å². The van der Waals surface area contributed by atoms with Gasteiger partial charge in [-0.15, -0.1) is 0 Å². The zero-order valence-electron chi connectivity index (χ0n) is 13.3. The maximum atomic E-state index is 6.57. The first-order chi connectivity index (χ1) is 9.45. The van der Waals surface area contributed by atoms with Gasteiger partial charge >= 0.3 is 0 Å². The largest absolute Gasteiger partial charge is 0.496 e. The van der Waals surface area contributed by atoms with E-state index in [1.165, 1.54) is 11.1 Å². The minimum atomic E-state index is -0.0306. The van der Waals surface area contributed by atoms with Crippen molar-refractivity contribution in [2.24, 2.45) is 5.73 Å². The number of hydrogen-bond acceptors (Lipinski definition) is 4. The fourth-order valence-corrected chi connectivity index (χ4v) is 2.98. The number of nitrogens with zero attached hydrogens (tertiary/aromatic N) is 2. The van der Waals surface area contributed by atoms with Crippen LogP contribution in [0.25, 0.3) is 0 Å². The van der Waals surface area contributed by atoms with E-state index in [2.05, 4.69) is 49.9 Å². The van der Waals surface area contributed by atoms with Crippen LogP contribution in [0.1, 0.15) is 22.7 Å². The quantitative estimate of drug-likeness (QED) is 0.910. The number of rotatable bonds is 3. The average Bonchev–Trinajstić information content (AvgIpc) is 2.43. The van der Waals surface area contributed by atoms with Crippen molar-refractivity contribution < 1.29 is 4.74 Å². The van der Waals surface area contributed by atoms with Gasteiger partial charge in [0.05, 0.1) is 13.2 Å². The third-order valence-corrected chi connectivity index (χ3v) is 4.58. The number of ether oxygens (including phenoxy) is 1. The van der Waals surface area contributed by atoms with Crippen LogP contribution in [0.3, 0.4) is 0 Å². The maximum absolute atomic E-state index is 6.57. The van der Waals surface area contributed by atoms with Gasteiger partial charge in [0.15, 0.2) is 0 Å². The lowest BCUT2D eigenvalue weighted by Gasteiger charge is -2.41. The number of aryl methyl sites for hydroxylation is 1. The molecular formula is C16H27N3O. The van der Waals surface area contributed by atoms with E-state index in [-0.39, 0.29) is 6.04 Å². The van der Waals surface area contributed by atoms with Gasteiger partial charge in [-0.25, -0.2) is 0 Å². The van der Waals surface area contributed by atoms with Crippen molar-refractivity contribution >= 4 is 0 Å². The molecule has 112 valence electrons. The van der Waals surface area contributed by atoms with Gasteiger partial charge in [-0.1, -0.05) is 12.1 Å². The van der Waals surface area contributed by atoms with Gasteiger partial charge in [0, 0.05) is 31.2 Å². The molecule has 1 aliphatic heterocycles. The Bertz CT molecular complexity index is 475. The predicted octanol–water partition coefficient (Wildman–Crippen LogP) is 1.56. The van der Waals surface area contributed by atoms with Crippen molar-refractivity contribution in [1.29, 1.82) is 0 Å². The first-order valence-electron chi connectivity index (χ1n) is 7.24. The van der Waals surface area contributed by atoms with Gasteiger partial charge in [0.2, 0.25) is 0 Å². The molecule has 2 rings (SSSR count). The molecular weight excluding hydrogens is 250 g/mol. The molecule has 1 aromatic rings. The Hall–Kier alpha value is -1.10. The third-order valence-electron chi connectivity index (χ3n) is 4.58. The van der Waals surface area contributed by atoms with Crippen molar-refractivity contribution in [3.63, 3.8) is 0 Å². The van der Waals surface area contributed by atoms with Crippen LogP contribution in [-0.4, -0.2) is 56.7 Å². The van der Waals surface area contributed by atoms with Crippen molar-refractivity contribution in [1.82, 2.24) is 9.80 Å². The Morgan fingerprint density at radius 2 is 1.95 bits per heavy atom. The van der Waals surface area contributed by atoms with Crippen molar-refractivity contribution in [3.8, 4) is 5.75 Å². The summed E-state index contributed by atoms with van der Waals surface area (Å²) in [6.45, 7) is 7.36. The van der Waals surface area contributed by atoms with Crippen LogP contribution in [0.5, 0.6) is 5.75 Å². The van der Waals surface area contributed by atoms with Crippen LogP contribution in [0, 0.1) is 13.8 Å². The van der Waals surface area contributed by atoms with Crippen LogP contribution in [-0.2, 0) is 0 Å². The van der Waals surface area contributed by atoms with E-state index < -0.39 is 0 Å². The lowest BCUT2D eigenvalue weighted by Crippen LogP contribution is -2.54. The topological polar surface area (TPSA) is 41.7 Å². The standard InChI is InChI=1S/C16H27N3O/c1-11-6-7-13(16(20-5)12(11)2)15(17)14-10-18(3)8-9-19(14)4/h6-7,14-15H,8-10,17H2,1-5H3. The Morgan fingerprint density at radius 3 is 2.60 bits per heavy atom. The molecule has 20 heavy (non-hydrogen) atoms. The Kier molecular flexibility index (Phi) is 4.68. The predicted molar refractivity (Wildman–Crippen MR) is 83.3 cm³/mol. The SMILES string of the molecule is COc1c(C(N)C2CN(C)CCN2C)ccc(C)c1C. The molecule has 1 saturated heterocycles. The van der Waals surface area contributed by atoms with Crippen molar-refractivity contribution in [2.75, 3.05) is 40.8 Å². The summed E-state index contributed by atoms with van der Waals surface area (Å²) < 4.78 is 5.62. The number of hydrogen-bond donors (Lipinski definition) is 1. The molecule has 0 amide bonds. The van der Waals surface area contributed by atoms with Gasteiger partial charge < -0.3 is 15.4 Å². The van der Waals surface area contributed by atoms with E-state index in [9.17, 15) is 0 Å². The molecule has 2 atom stereocenters. The van der Waals surface area contributed by atoms with E-state index >= 15 is 0 Å². The Balaban J connectivity index is 2.33. The molecule has 0 aromatic heterocycles. The van der Waals surface area contributed by atoms with E-state index in [4.69, 9.17) is 10.5 Å². The molecule has 0 aliphatic carbocycles. The zero-order chi connectivity index (χ0) is 14.9. The Morgan fingerprint density at radius 1 is 1.25 bits per heavy atom. The normalized spacial score (nSPS) is 22.8. The molecule has 4 nitrogen and oxygen atoms in total. The summed E-state index contributed by atoms with van der Waals surface area (Å²) in [7, 11) is 6.05. The van der Waals surface area contributed by atoms with Crippen LogP contribution in [0.2, 0.25) is 0 Å². The lowest BCUT2D eigenvalue weighted by molar-refractivity contribution is 0.0967. The zero-order valence-corrected chi connectivity index (χ0v) is 13.3. The van der Waals surface area contributed by atoms with Gasteiger partial charge in [0.25, 0.3) is 0 Å². The molecule has 1 fully saturated rings. The number of likely N-dealkylation sites (N-methyl/N-ethyl adjacent to an activating group) is 2. The van der Waals surface area contributed by atoms with Gasteiger partial charge in [-0.05, 0) is 39.1 Å². The molecule has 2 N–H and O–H groups in total. The molecule has 1 aromatic carbocycles. The molecule has 0 saturated carbocycles. The average molecular weight is 277 g/mol. The second kappa shape index (κ2) is 6.12. The fraction of sp³-hybridized carbons (Fsp3) is 0.625. The first-order valence-corrected chi connectivity index (χ1v) is 7.24. The number of nitrogens with two attached hydrogens (primary N) is 1. The van der Waals surface area contributed by atoms with Crippen molar-refractivity contribution in [2.45, 2.75) is 25.9 Å². The van der Waals surface area contributed by atoms with Gasteiger partial charge in [-0.2, -0.15) is 0 Å². The maximum Gasteiger partial charge on any atom is 0.126 e. The summed E-state index contributed by atoms with van der Waals surface area (Å²) in [5, 5.41) is 0. The first kappa shape index (κ1) is 15.3. The summed E-state index contributed by atoms with van der Waals surface area (Å²) >= 11 is 0. The molecule has 0 spiro atoms. The fourth-order valence-electron chi connectivity index (χ4n) is 2.98. The highest BCUT2D eigenvalue weighted by atomic mass is 16.5. The minimum absolute atomic E-state index is 0.0306. The van der Waals surface area contributed by atoms with Gasteiger partial charge in [-0.3, -0.25) is 4.90 Å². The molecule has 0 bridgehead atoms. The van der Waals surface area contributed by atoms with Crippen LogP contribution < -0.4 is 10.5 Å². The van der Waals surface area contributed by atoms with Crippen LogP contribution in [0.4, 0.5) is 0 Å². The highest BCUT2D eigenvalue weighted by molar-refractivity contribution is 5.47. The highest BCUT2D eigenvalue weighted by Gasteiger charge is 2.30. The molecule has 2 unspecified atom stereocenters. The molecule has 1 heterocycles. The molecule has 4 heteroatoms.